The van der Waals surface area contributed by atoms with E-state index >= 15 is 0 Å². The number of aromatic amines is 2. The van der Waals surface area contributed by atoms with Crippen molar-refractivity contribution in [1.82, 2.24) is 9.97 Å². The zero-order chi connectivity index (χ0) is 17.4. The second-order valence-corrected chi connectivity index (χ2v) is 6.36. The molecule has 24 heavy (non-hydrogen) atoms. The molecule has 0 radical (unpaired) electrons. The standard InChI is InChI=1S/C19H26N2O2S/c1-3-5-8-12-23-17-11-7-6-10-14(17)13-15-16(9-4-2)20-19(24)21-18(15)22/h6-7,10-11H,3-5,8-9,12-13H2,1-2H3,(H2,20,21,22,24). The summed E-state index contributed by atoms with van der Waals surface area (Å²) in [5, 5.41) is 0. The van der Waals surface area contributed by atoms with E-state index in [1.165, 1.54) is 6.42 Å². The van der Waals surface area contributed by atoms with Crippen LogP contribution in [0.1, 0.15) is 56.4 Å². The van der Waals surface area contributed by atoms with E-state index in [4.69, 9.17) is 17.0 Å². The summed E-state index contributed by atoms with van der Waals surface area (Å²) in [6, 6.07) is 7.94. The Morgan fingerprint density at radius 1 is 1.08 bits per heavy atom. The van der Waals surface area contributed by atoms with Crippen LogP contribution in [0.3, 0.4) is 0 Å². The van der Waals surface area contributed by atoms with Crippen molar-refractivity contribution in [3.05, 3.63) is 56.2 Å². The summed E-state index contributed by atoms with van der Waals surface area (Å²) in [7, 11) is 0. The van der Waals surface area contributed by atoms with Gasteiger partial charge in [0.25, 0.3) is 5.56 Å². The molecule has 1 aromatic heterocycles. The van der Waals surface area contributed by atoms with E-state index < -0.39 is 0 Å². The summed E-state index contributed by atoms with van der Waals surface area (Å²) in [5.74, 6) is 0.859. The van der Waals surface area contributed by atoms with Crippen molar-refractivity contribution in [2.45, 2.75) is 52.4 Å². The number of unbranched alkanes of at least 4 members (excludes halogenated alkanes) is 2. The number of H-pyrrole nitrogens is 2. The Bertz CT molecular complexity index is 764. The molecule has 1 aromatic carbocycles. The van der Waals surface area contributed by atoms with Crippen molar-refractivity contribution in [2.24, 2.45) is 0 Å². The van der Waals surface area contributed by atoms with Crippen LogP contribution in [0.4, 0.5) is 0 Å². The predicted molar refractivity (Wildman–Crippen MR) is 101 cm³/mol. The second kappa shape index (κ2) is 9.42. The van der Waals surface area contributed by atoms with Gasteiger partial charge in [0.2, 0.25) is 0 Å². The van der Waals surface area contributed by atoms with Crippen LogP contribution >= 0.6 is 12.2 Å². The molecule has 2 aromatic rings. The third-order valence-corrected chi connectivity index (χ3v) is 4.18. The van der Waals surface area contributed by atoms with E-state index in [9.17, 15) is 4.79 Å². The molecule has 1 heterocycles. The molecule has 0 saturated carbocycles. The largest absolute Gasteiger partial charge is 0.493 e. The Morgan fingerprint density at radius 2 is 1.88 bits per heavy atom. The molecule has 2 rings (SSSR count). The van der Waals surface area contributed by atoms with Crippen molar-refractivity contribution >= 4 is 12.2 Å². The molecule has 2 N–H and O–H groups in total. The van der Waals surface area contributed by atoms with E-state index in [1.54, 1.807) is 0 Å². The number of hydrogen-bond acceptors (Lipinski definition) is 3. The summed E-state index contributed by atoms with van der Waals surface area (Å²) in [5.41, 5.74) is 2.59. The molecule has 130 valence electrons. The maximum atomic E-state index is 12.4. The average molecular weight is 346 g/mol. The van der Waals surface area contributed by atoms with E-state index in [-0.39, 0.29) is 5.56 Å². The number of aryl methyl sites for hydroxylation is 1. The van der Waals surface area contributed by atoms with Gasteiger partial charge in [-0.05, 0) is 36.7 Å². The lowest BCUT2D eigenvalue weighted by Crippen LogP contribution is -2.18. The fraction of sp³-hybridized carbons (Fsp3) is 0.474. The number of para-hydroxylation sites is 1. The summed E-state index contributed by atoms with van der Waals surface area (Å²) >= 11 is 5.10. The van der Waals surface area contributed by atoms with Gasteiger partial charge in [-0.3, -0.25) is 9.78 Å². The van der Waals surface area contributed by atoms with Crippen molar-refractivity contribution in [3.8, 4) is 5.75 Å². The zero-order valence-corrected chi connectivity index (χ0v) is 15.3. The first-order chi connectivity index (χ1) is 11.7. The summed E-state index contributed by atoms with van der Waals surface area (Å²) in [4.78, 5) is 18.2. The number of nitrogens with one attached hydrogen (secondary N) is 2. The van der Waals surface area contributed by atoms with E-state index in [1.807, 2.05) is 24.3 Å². The highest BCUT2D eigenvalue weighted by Gasteiger charge is 2.12. The van der Waals surface area contributed by atoms with Crippen LogP contribution in [0.5, 0.6) is 5.75 Å². The fourth-order valence-corrected chi connectivity index (χ4v) is 2.94. The predicted octanol–water partition coefficient (Wildman–Crippen LogP) is 4.54. The Kier molecular flexibility index (Phi) is 7.25. The van der Waals surface area contributed by atoms with Gasteiger partial charge < -0.3 is 9.72 Å². The maximum absolute atomic E-state index is 12.4. The van der Waals surface area contributed by atoms with Gasteiger partial charge in [-0.15, -0.1) is 0 Å². The van der Waals surface area contributed by atoms with Crippen LogP contribution in [0, 0.1) is 4.77 Å². The van der Waals surface area contributed by atoms with Crippen LogP contribution in [0.15, 0.2) is 29.1 Å². The smallest absolute Gasteiger partial charge is 0.255 e. The van der Waals surface area contributed by atoms with Crippen LogP contribution < -0.4 is 10.3 Å². The van der Waals surface area contributed by atoms with Gasteiger partial charge in [0.15, 0.2) is 4.77 Å². The highest BCUT2D eigenvalue weighted by Crippen LogP contribution is 2.22. The minimum Gasteiger partial charge on any atom is -0.493 e. The molecular formula is C19H26N2O2S. The first-order valence-electron chi connectivity index (χ1n) is 8.70. The SMILES string of the molecule is CCCCCOc1ccccc1Cc1c(CCC)[nH]c(=S)[nH]c1=O. The van der Waals surface area contributed by atoms with Crippen LogP contribution in [0.2, 0.25) is 0 Å². The third kappa shape index (κ3) is 5.06. The molecule has 4 nitrogen and oxygen atoms in total. The molecule has 0 unspecified atom stereocenters. The lowest BCUT2D eigenvalue weighted by molar-refractivity contribution is 0.303. The van der Waals surface area contributed by atoms with Gasteiger partial charge in [-0.25, -0.2) is 0 Å². The van der Waals surface area contributed by atoms with Crippen LogP contribution in [-0.2, 0) is 12.8 Å². The van der Waals surface area contributed by atoms with Crippen molar-refractivity contribution in [1.29, 1.82) is 0 Å². The topological polar surface area (TPSA) is 57.9 Å². The van der Waals surface area contributed by atoms with Gasteiger partial charge in [-0.2, -0.15) is 0 Å². The molecule has 0 atom stereocenters. The van der Waals surface area contributed by atoms with Gasteiger partial charge in [-0.1, -0.05) is 51.3 Å². The minimum atomic E-state index is -0.108. The summed E-state index contributed by atoms with van der Waals surface area (Å²) in [6.45, 7) is 4.97. The molecular weight excluding hydrogens is 320 g/mol. The van der Waals surface area contributed by atoms with Gasteiger partial charge >= 0.3 is 0 Å². The lowest BCUT2D eigenvalue weighted by atomic mass is 10.0. The Morgan fingerprint density at radius 3 is 2.62 bits per heavy atom. The van der Waals surface area contributed by atoms with Crippen LogP contribution in [-0.4, -0.2) is 16.6 Å². The normalized spacial score (nSPS) is 10.8. The van der Waals surface area contributed by atoms with Gasteiger partial charge in [0.05, 0.1) is 6.61 Å². The Labute approximate surface area is 148 Å². The van der Waals surface area contributed by atoms with Gasteiger partial charge in [0.1, 0.15) is 5.75 Å². The van der Waals surface area contributed by atoms with E-state index in [2.05, 4.69) is 23.8 Å². The van der Waals surface area contributed by atoms with Crippen molar-refractivity contribution in [3.63, 3.8) is 0 Å². The summed E-state index contributed by atoms with van der Waals surface area (Å²) in [6.07, 6.45) is 5.69. The monoisotopic (exact) mass is 346 g/mol. The number of benzene rings is 1. The minimum absolute atomic E-state index is 0.108. The maximum Gasteiger partial charge on any atom is 0.255 e. The number of hydrogen-bond donors (Lipinski definition) is 2. The number of rotatable bonds is 9. The quantitative estimate of drug-likeness (QED) is 0.517. The molecule has 0 amide bonds. The second-order valence-electron chi connectivity index (χ2n) is 5.96. The lowest BCUT2D eigenvalue weighted by Gasteiger charge is -2.13. The summed E-state index contributed by atoms with van der Waals surface area (Å²) < 4.78 is 6.32. The average Bonchev–Trinajstić information content (AvgIpc) is 2.56. The third-order valence-electron chi connectivity index (χ3n) is 3.98. The fourth-order valence-electron chi connectivity index (χ4n) is 2.73. The van der Waals surface area contributed by atoms with E-state index in [0.717, 1.165) is 48.3 Å². The van der Waals surface area contributed by atoms with Crippen LogP contribution in [0.25, 0.3) is 0 Å². The highest BCUT2D eigenvalue weighted by atomic mass is 32.1. The number of aromatic nitrogens is 2. The first kappa shape index (κ1) is 18.5. The molecule has 0 saturated heterocycles. The molecule has 0 aliphatic carbocycles. The first-order valence-corrected chi connectivity index (χ1v) is 9.11. The molecule has 0 aliphatic rings. The zero-order valence-electron chi connectivity index (χ0n) is 14.5. The van der Waals surface area contributed by atoms with Crippen molar-refractivity contribution < 1.29 is 4.74 Å². The molecule has 0 bridgehead atoms. The number of ether oxygens (including phenoxy) is 1. The van der Waals surface area contributed by atoms with Crippen molar-refractivity contribution in [2.75, 3.05) is 6.61 Å². The molecule has 5 heteroatoms. The van der Waals surface area contributed by atoms with Gasteiger partial charge in [0, 0.05) is 17.7 Å². The molecule has 0 fully saturated rings. The molecule has 0 spiro atoms. The Balaban J connectivity index is 2.25. The van der Waals surface area contributed by atoms with E-state index in [0.29, 0.717) is 17.8 Å². The highest BCUT2D eigenvalue weighted by molar-refractivity contribution is 7.71. The molecule has 0 aliphatic heterocycles. The Hall–Kier alpha value is -1.88.